The Morgan fingerprint density at radius 3 is 2.47 bits per heavy atom. The number of hydrogen-bond acceptors (Lipinski definition) is 4. The molecule has 0 saturated heterocycles. The van der Waals surface area contributed by atoms with Gasteiger partial charge in [-0.3, -0.25) is 0 Å². The number of ether oxygens (including phenoxy) is 2. The van der Waals surface area contributed by atoms with Crippen LogP contribution in [0, 0.1) is 0 Å². The molecule has 1 aromatic rings. The van der Waals surface area contributed by atoms with E-state index in [0.717, 1.165) is 18.4 Å². The molecular formula is C15H20O4. The zero-order chi connectivity index (χ0) is 14.1. The minimum Gasteiger partial charge on any atom is -0.508 e. The molecule has 4 heteroatoms. The van der Waals surface area contributed by atoms with Crippen LogP contribution in [0.5, 0.6) is 5.75 Å². The van der Waals surface area contributed by atoms with Crippen LogP contribution in [0.1, 0.15) is 32.3 Å². The molecule has 0 aliphatic heterocycles. The van der Waals surface area contributed by atoms with Gasteiger partial charge in [0.2, 0.25) is 5.76 Å². The Labute approximate surface area is 113 Å². The summed E-state index contributed by atoms with van der Waals surface area (Å²) in [5, 5.41) is 9.20. The van der Waals surface area contributed by atoms with Gasteiger partial charge >= 0.3 is 5.97 Å². The Balaban J connectivity index is 2.75. The first-order valence-electron chi connectivity index (χ1n) is 6.48. The summed E-state index contributed by atoms with van der Waals surface area (Å²) in [7, 11) is 0. The fourth-order valence-electron chi connectivity index (χ4n) is 1.42. The molecule has 0 amide bonds. The number of benzene rings is 1. The Kier molecular flexibility index (Phi) is 6.50. The second-order valence-electron chi connectivity index (χ2n) is 4.02. The first-order chi connectivity index (χ1) is 9.17. The van der Waals surface area contributed by atoms with Gasteiger partial charge in [0.25, 0.3) is 0 Å². The van der Waals surface area contributed by atoms with Gasteiger partial charge in [0, 0.05) is 0 Å². The van der Waals surface area contributed by atoms with E-state index in [0.29, 0.717) is 13.2 Å². The van der Waals surface area contributed by atoms with Crippen LogP contribution in [0.25, 0.3) is 6.08 Å². The number of unbranched alkanes of at least 4 members (excludes halogenated alkanes) is 1. The molecule has 0 aliphatic rings. The molecule has 1 rings (SSSR count). The van der Waals surface area contributed by atoms with Crippen LogP contribution in [-0.2, 0) is 14.3 Å². The highest BCUT2D eigenvalue weighted by atomic mass is 16.6. The van der Waals surface area contributed by atoms with Crippen molar-refractivity contribution in [1.82, 2.24) is 0 Å². The van der Waals surface area contributed by atoms with Crippen molar-refractivity contribution >= 4 is 12.0 Å². The van der Waals surface area contributed by atoms with Crippen LogP contribution in [0.15, 0.2) is 30.0 Å². The first-order valence-corrected chi connectivity index (χ1v) is 6.48. The fourth-order valence-corrected chi connectivity index (χ4v) is 1.42. The summed E-state index contributed by atoms with van der Waals surface area (Å²) in [6.07, 6.45) is 3.42. The highest BCUT2D eigenvalue weighted by Crippen LogP contribution is 2.14. The van der Waals surface area contributed by atoms with Gasteiger partial charge in [-0.05, 0) is 37.1 Å². The third-order valence-electron chi connectivity index (χ3n) is 2.42. The molecule has 0 atom stereocenters. The van der Waals surface area contributed by atoms with E-state index in [1.165, 1.54) is 0 Å². The quantitative estimate of drug-likeness (QED) is 0.356. The third kappa shape index (κ3) is 5.46. The van der Waals surface area contributed by atoms with E-state index >= 15 is 0 Å². The fraction of sp³-hybridized carbons (Fsp3) is 0.400. The van der Waals surface area contributed by atoms with Gasteiger partial charge in [0.15, 0.2) is 0 Å². The molecule has 0 spiro atoms. The number of phenols is 1. The van der Waals surface area contributed by atoms with Gasteiger partial charge in [-0.15, -0.1) is 0 Å². The van der Waals surface area contributed by atoms with Crippen LogP contribution >= 0.6 is 0 Å². The van der Waals surface area contributed by atoms with Crippen molar-refractivity contribution in [1.29, 1.82) is 0 Å². The maximum absolute atomic E-state index is 11.8. The molecule has 0 unspecified atom stereocenters. The van der Waals surface area contributed by atoms with Crippen molar-refractivity contribution in [3.63, 3.8) is 0 Å². The van der Waals surface area contributed by atoms with E-state index in [1.54, 1.807) is 30.3 Å². The molecular weight excluding hydrogens is 244 g/mol. The van der Waals surface area contributed by atoms with Crippen molar-refractivity contribution in [2.75, 3.05) is 13.2 Å². The molecule has 0 radical (unpaired) electrons. The second-order valence-corrected chi connectivity index (χ2v) is 4.02. The van der Waals surface area contributed by atoms with Gasteiger partial charge in [-0.1, -0.05) is 25.5 Å². The van der Waals surface area contributed by atoms with Crippen molar-refractivity contribution in [3.05, 3.63) is 35.6 Å². The molecule has 0 fully saturated rings. The second kappa shape index (κ2) is 8.19. The SMILES string of the molecule is CCCCOC(=O)C(=Cc1ccc(O)cc1)OCC. The standard InChI is InChI=1S/C15H20O4/c1-3-5-10-19-15(17)14(18-4-2)11-12-6-8-13(16)9-7-12/h6-9,11,16H,3-5,10H2,1-2H3. The normalized spacial score (nSPS) is 11.2. The Bertz CT molecular complexity index is 420. The Hall–Kier alpha value is -1.97. The van der Waals surface area contributed by atoms with E-state index in [2.05, 4.69) is 0 Å². The van der Waals surface area contributed by atoms with Crippen LogP contribution in [-0.4, -0.2) is 24.3 Å². The lowest BCUT2D eigenvalue weighted by atomic mass is 10.2. The van der Waals surface area contributed by atoms with Gasteiger partial charge < -0.3 is 14.6 Å². The lowest BCUT2D eigenvalue weighted by Gasteiger charge is -2.08. The van der Waals surface area contributed by atoms with Gasteiger partial charge in [-0.2, -0.15) is 0 Å². The van der Waals surface area contributed by atoms with E-state index in [-0.39, 0.29) is 11.5 Å². The maximum Gasteiger partial charge on any atom is 0.373 e. The van der Waals surface area contributed by atoms with Crippen LogP contribution in [0.4, 0.5) is 0 Å². The molecule has 0 heterocycles. The number of rotatable bonds is 7. The van der Waals surface area contributed by atoms with Crippen LogP contribution < -0.4 is 0 Å². The van der Waals surface area contributed by atoms with Crippen LogP contribution in [0.3, 0.4) is 0 Å². The highest BCUT2D eigenvalue weighted by molar-refractivity contribution is 5.91. The van der Waals surface area contributed by atoms with Gasteiger partial charge in [0.1, 0.15) is 5.75 Å². The third-order valence-corrected chi connectivity index (χ3v) is 2.42. The summed E-state index contributed by atoms with van der Waals surface area (Å²) >= 11 is 0. The molecule has 0 bridgehead atoms. The number of aromatic hydroxyl groups is 1. The van der Waals surface area contributed by atoms with Crippen molar-refractivity contribution in [2.24, 2.45) is 0 Å². The van der Waals surface area contributed by atoms with Crippen molar-refractivity contribution < 1.29 is 19.4 Å². The maximum atomic E-state index is 11.8. The van der Waals surface area contributed by atoms with E-state index < -0.39 is 5.97 Å². The minimum atomic E-state index is -0.455. The molecule has 104 valence electrons. The predicted octanol–water partition coefficient (Wildman–Crippen LogP) is 3.11. The van der Waals surface area contributed by atoms with Gasteiger partial charge in [0.05, 0.1) is 13.2 Å². The first kappa shape index (κ1) is 15.1. The summed E-state index contributed by atoms with van der Waals surface area (Å²) in [4.78, 5) is 11.8. The summed E-state index contributed by atoms with van der Waals surface area (Å²) in [5.74, 6) is -0.0895. The summed E-state index contributed by atoms with van der Waals surface area (Å²) in [6.45, 7) is 4.63. The number of esters is 1. The smallest absolute Gasteiger partial charge is 0.373 e. The Morgan fingerprint density at radius 2 is 1.89 bits per heavy atom. The molecule has 1 N–H and O–H groups in total. The average molecular weight is 264 g/mol. The molecule has 0 saturated carbocycles. The molecule has 0 aromatic heterocycles. The lowest BCUT2D eigenvalue weighted by molar-refractivity contribution is -0.143. The summed E-state index contributed by atoms with van der Waals surface area (Å²) in [5.41, 5.74) is 0.772. The molecule has 4 nitrogen and oxygen atoms in total. The zero-order valence-corrected chi connectivity index (χ0v) is 11.4. The molecule has 0 aliphatic carbocycles. The topological polar surface area (TPSA) is 55.8 Å². The predicted molar refractivity (Wildman–Crippen MR) is 73.6 cm³/mol. The molecule has 1 aromatic carbocycles. The van der Waals surface area contributed by atoms with Crippen molar-refractivity contribution in [3.8, 4) is 5.75 Å². The van der Waals surface area contributed by atoms with E-state index in [9.17, 15) is 9.90 Å². The van der Waals surface area contributed by atoms with Gasteiger partial charge in [-0.25, -0.2) is 4.79 Å². The van der Waals surface area contributed by atoms with Crippen LogP contribution in [0.2, 0.25) is 0 Å². The monoisotopic (exact) mass is 264 g/mol. The Morgan fingerprint density at radius 1 is 1.21 bits per heavy atom. The lowest BCUT2D eigenvalue weighted by Crippen LogP contribution is -2.11. The summed E-state index contributed by atoms with van der Waals surface area (Å²) in [6, 6.07) is 6.51. The van der Waals surface area contributed by atoms with E-state index in [1.807, 2.05) is 13.8 Å². The highest BCUT2D eigenvalue weighted by Gasteiger charge is 2.12. The zero-order valence-electron chi connectivity index (χ0n) is 11.4. The number of carbonyl (C=O) groups excluding carboxylic acids is 1. The number of carbonyl (C=O) groups is 1. The summed E-state index contributed by atoms with van der Waals surface area (Å²) < 4.78 is 10.4. The van der Waals surface area contributed by atoms with E-state index in [4.69, 9.17) is 9.47 Å². The number of hydrogen-bond donors (Lipinski definition) is 1. The van der Waals surface area contributed by atoms with Crippen molar-refractivity contribution in [2.45, 2.75) is 26.7 Å². The largest absolute Gasteiger partial charge is 0.508 e. The number of phenolic OH excluding ortho intramolecular Hbond substituents is 1. The minimum absolute atomic E-state index is 0.181. The average Bonchev–Trinajstić information content (AvgIpc) is 2.41. The molecule has 19 heavy (non-hydrogen) atoms.